The molecular formula is C13H26N2O2. The van der Waals surface area contributed by atoms with Crippen LogP contribution in [0, 0.1) is 11.8 Å². The molecule has 3 unspecified atom stereocenters. The van der Waals surface area contributed by atoms with E-state index in [4.69, 9.17) is 4.74 Å². The molecule has 1 aliphatic carbocycles. The summed E-state index contributed by atoms with van der Waals surface area (Å²) in [4.78, 5) is 13.9. The molecule has 4 heteroatoms. The first-order valence-electron chi connectivity index (χ1n) is 6.46. The van der Waals surface area contributed by atoms with E-state index >= 15 is 0 Å². The zero-order valence-corrected chi connectivity index (χ0v) is 11.7. The molecule has 1 aliphatic rings. The van der Waals surface area contributed by atoms with Gasteiger partial charge in [-0.05, 0) is 25.3 Å². The normalized spacial score (nSPS) is 25.1. The maximum absolute atomic E-state index is 11.6. The highest BCUT2D eigenvalue weighted by molar-refractivity contribution is 5.75. The minimum Gasteiger partial charge on any atom is -0.468 e. The molecule has 0 heterocycles. The Balaban J connectivity index is 2.38. The van der Waals surface area contributed by atoms with Gasteiger partial charge in [0.15, 0.2) is 0 Å². The lowest BCUT2D eigenvalue weighted by molar-refractivity contribution is -0.143. The van der Waals surface area contributed by atoms with Gasteiger partial charge in [0.1, 0.15) is 6.04 Å². The molecule has 0 saturated heterocycles. The number of hydrogen-bond acceptors (Lipinski definition) is 4. The quantitative estimate of drug-likeness (QED) is 0.679. The Morgan fingerprint density at radius 3 is 2.53 bits per heavy atom. The molecule has 0 radical (unpaired) electrons. The van der Waals surface area contributed by atoms with E-state index in [0.717, 1.165) is 18.4 Å². The van der Waals surface area contributed by atoms with Gasteiger partial charge in [-0.15, -0.1) is 0 Å². The Morgan fingerprint density at radius 1 is 1.53 bits per heavy atom. The topological polar surface area (TPSA) is 41.6 Å². The largest absolute Gasteiger partial charge is 0.468 e. The van der Waals surface area contributed by atoms with Crippen LogP contribution in [-0.2, 0) is 9.53 Å². The van der Waals surface area contributed by atoms with Crippen LogP contribution in [0.5, 0.6) is 0 Å². The van der Waals surface area contributed by atoms with Crippen LogP contribution in [-0.4, -0.2) is 50.2 Å². The second-order valence-electron chi connectivity index (χ2n) is 5.59. The highest BCUT2D eigenvalue weighted by Crippen LogP contribution is 2.37. The van der Waals surface area contributed by atoms with Gasteiger partial charge in [-0.2, -0.15) is 0 Å². The van der Waals surface area contributed by atoms with Crippen LogP contribution in [0.2, 0.25) is 0 Å². The van der Waals surface area contributed by atoms with Gasteiger partial charge >= 0.3 is 5.97 Å². The fourth-order valence-corrected chi connectivity index (χ4v) is 2.18. The molecule has 1 saturated carbocycles. The molecule has 0 aromatic carbocycles. The van der Waals surface area contributed by atoms with Gasteiger partial charge in [0.2, 0.25) is 0 Å². The van der Waals surface area contributed by atoms with Crippen molar-refractivity contribution in [2.45, 2.75) is 39.3 Å². The molecule has 1 rings (SSSR count). The van der Waals surface area contributed by atoms with E-state index in [1.165, 1.54) is 13.5 Å². The predicted molar refractivity (Wildman–Crippen MR) is 68.8 cm³/mol. The lowest BCUT2D eigenvalue weighted by atomic mass is 10.2. The average Bonchev–Trinajstić information content (AvgIpc) is 2.91. The van der Waals surface area contributed by atoms with Crippen molar-refractivity contribution in [2.24, 2.45) is 11.8 Å². The van der Waals surface area contributed by atoms with Gasteiger partial charge in [0, 0.05) is 19.1 Å². The number of esters is 1. The second-order valence-corrected chi connectivity index (χ2v) is 5.59. The standard InChI is InChI=1S/C13H26N2O2/c1-9(2)14-12(13(16)17-5)8-15(4)7-11-6-10(11)3/h9-12,14H,6-8H2,1-5H3. The van der Waals surface area contributed by atoms with Crippen molar-refractivity contribution in [3.63, 3.8) is 0 Å². The molecule has 1 N–H and O–H groups in total. The maximum Gasteiger partial charge on any atom is 0.324 e. The van der Waals surface area contributed by atoms with Crippen LogP contribution >= 0.6 is 0 Å². The maximum atomic E-state index is 11.6. The molecule has 17 heavy (non-hydrogen) atoms. The van der Waals surface area contributed by atoms with Crippen molar-refractivity contribution in [3.05, 3.63) is 0 Å². The summed E-state index contributed by atoms with van der Waals surface area (Å²) in [6, 6.07) is 0.0615. The van der Waals surface area contributed by atoms with Crippen LogP contribution in [0.1, 0.15) is 27.2 Å². The van der Waals surface area contributed by atoms with Gasteiger partial charge in [-0.25, -0.2) is 0 Å². The first-order valence-corrected chi connectivity index (χ1v) is 6.46. The summed E-state index contributed by atoms with van der Waals surface area (Å²) < 4.78 is 4.83. The van der Waals surface area contributed by atoms with Crippen LogP contribution in [0.15, 0.2) is 0 Å². The number of rotatable bonds is 7. The summed E-state index contributed by atoms with van der Waals surface area (Å²) in [7, 11) is 3.52. The molecule has 0 bridgehead atoms. The Kier molecular flexibility index (Phi) is 5.40. The summed E-state index contributed by atoms with van der Waals surface area (Å²) in [6.45, 7) is 8.16. The molecule has 3 atom stereocenters. The zero-order chi connectivity index (χ0) is 13.0. The summed E-state index contributed by atoms with van der Waals surface area (Å²) in [5, 5.41) is 3.25. The van der Waals surface area contributed by atoms with Crippen molar-refractivity contribution < 1.29 is 9.53 Å². The number of ether oxygens (including phenoxy) is 1. The van der Waals surface area contributed by atoms with Gasteiger partial charge in [0.05, 0.1) is 7.11 Å². The number of carbonyl (C=O) groups excluding carboxylic acids is 1. The highest BCUT2D eigenvalue weighted by Gasteiger charge is 2.34. The smallest absolute Gasteiger partial charge is 0.324 e. The number of nitrogens with zero attached hydrogens (tertiary/aromatic N) is 1. The summed E-state index contributed by atoms with van der Waals surface area (Å²) in [5.74, 6) is 1.50. The minimum absolute atomic E-state index is 0.172. The molecule has 0 aliphatic heterocycles. The average molecular weight is 242 g/mol. The zero-order valence-electron chi connectivity index (χ0n) is 11.7. The third-order valence-corrected chi connectivity index (χ3v) is 3.34. The van der Waals surface area contributed by atoms with Crippen LogP contribution in [0.3, 0.4) is 0 Å². The van der Waals surface area contributed by atoms with Crippen molar-refractivity contribution in [3.8, 4) is 0 Å². The number of methoxy groups -OCH3 is 1. The second kappa shape index (κ2) is 6.36. The third-order valence-electron chi connectivity index (χ3n) is 3.34. The number of carbonyl (C=O) groups is 1. The Hall–Kier alpha value is -0.610. The van der Waals surface area contributed by atoms with Gasteiger partial charge in [-0.1, -0.05) is 20.8 Å². The molecule has 0 aromatic rings. The summed E-state index contributed by atoms with van der Waals surface area (Å²) in [6.07, 6.45) is 1.32. The van der Waals surface area contributed by atoms with E-state index in [1.807, 2.05) is 13.8 Å². The Bertz CT molecular complexity index is 256. The van der Waals surface area contributed by atoms with Crippen LogP contribution in [0.25, 0.3) is 0 Å². The third kappa shape index (κ3) is 5.04. The molecule has 1 fully saturated rings. The first-order chi connectivity index (χ1) is 7.93. The van der Waals surface area contributed by atoms with E-state index in [9.17, 15) is 4.79 Å². The van der Waals surface area contributed by atoms with Gasteiger partial charge in [-0.3, -0.25) is 4.79 Å². The van der Waals surface area contributed by atoms with Gasteiger partial charge in [0.25, 0.3) is 0 Å². The molecule has 0 aromatic heterocycles. The van der Waals surface area contributed by atoms with Crippen molar-refractivity contribution in [2.75, 3.05) is 27.2 Å². The molecule has 4 nitrogen and oxygen atoms in total. The van der Waals surface area contributed by atoms with Crippen molar-refractivity contribution in [1.29, 1.82) is 0 Å². The number of nitrogens with one attached hydrogen (secondary N) is 1. The number of likely N-dealkylation sites (N-methyl/N-ethyl adjacent to an activating group) is 1. The van der Waals surface area contributed by atoms with Crippen LogP contribution < -0.4 is 5.32 Å². The van der Waals surface area contributed by atoms with E-state index in [-0.39, 0.29) is 18.1 Å². The van der Waals surface area contributed by atoms with E-state index in [2.05, 4.69) is 24.2 Å². The SMILES string of the molecule is COC(=O)C(CN(C)CC1CC1C)NC(C)C. The van der Waals surface area contributed by atoms with Crippen LogP contribution in [0.4, 0.5) is 0 Å². The molecule has 100 valence electrons. The minimum atomic E-state index is -0.223. The number of hydrogen-bond donors (Lipinski definition) is 1. The fraction of sp³-hybridized carbons (Fsp3) is 0.923. The van der Waals surface area contributed by atoms with Crippen molar-refractivity contribution >= 4 is 5.97 Å². The van der Waals surface area contributed by atoms with E-state index < -0.39 is 0 Å². The summed E-state index contributed by atoms with van der Waals surface area (Å²) in [5.41, 5.74) is 0. The molecule has 0 spiro atoms. The lowest BCUT2D eigenvalue weighted by Gasteiger charge is -2.24. The van der Waals surface area contributed by atoms with Crippen molar-refractivity contribution in [1.82, 2.24) is 10.2 Å². The van der Waals surface area contributed by atoms with E-state index in [1.54, 1.807) is 0 Å². The molecule has 0 amide bonds. The lowest BCUT2D eigenvalue weighted by Crippen LogP contribution is -2.48. The van der Waals surface area contributed by atoms with E-state index in [0.29, 0.717) is 6.54 Å². The highest BCUT2D eigenvalue weighted by atomic mass is 16.5. The monoisotopic (exact) mass is 242 g/mol. The fourth-order valence-electron chi connectivity index (χ4n) is 2.18. The Morgan fingerprint density at radius 2 is 2.12 bits per heavy atom. The Labute approximate surface area is 105 Å². The summed E-state index contributed by atoms with van der Waals surface area (Å²) >= 11 is 0. The van der Waals surface area contributed by atoms with Gasteiger partial charge < -0.3 is 15.0 Å². The first kappa shape index (κ1) is 14.5. The molecular weight excluding hydrogens is 216 g/mol. The predicted octanol–water partition coefficient (Wildman–Crippen LogP) is 1.11.